The summed E-state index contributed by atoms with van der Waals surface area (Å²) in [5.41, 5.74) is 1.49. The molecule has 0 spiro atoms. The van der Waals surface area contributed by atoms with Crippen molar-refractivity contribution in [2.45, 2.75) is 65.2 Å². The lowest BCUT2D eigenvalue weighted by atomic mass is 9.92. The van der Waals surface area contributed by atoms with E-state index in [1.807, 2.05) is 0 Å². The van der Waals surface area contributed by atoms with Gasteiger partial charge in [0.15, 0.2) is 0 Å². The number of benzene rings is 1. The first kappa shape index (κ1) is 20.5. The molecule has 1 atom stereocenters. The number of hydrogen-bond acceptors (Lipinski definition) is 2. The van der Waals surface area contributed by atoms with Crippen LogP contribution in [0.4, 0.5) is 0 Å². The molecular weight excluding hydrogens is 304 g/mol. The number of rotatable bonds is 12. The smallest absolute Gasteiger partial charge is 0.000664 e. The molecule has 2 rings (SSSR count). The Kier molecular flexibility index (Phi) is 10.2. The standard InChI is InChI=1S/C23H40N2/c1-21(2)12-13-23(15-14-22-10-5-3-6-11-22)20-24-16-9-19-25-17-7-4-8-18-25/h3,5-6,10-11,21,23-24H,4,7-9,12-20H2,1-2H3. The number of aryl methyl sites for hydroxylation is 1. The maximum absolute atomic E-state index is 3.76. The van der Waals surface area contributed by atoms with Crippen molar-refractivity contribution in [3.8, 4) is 0 Å². The van der Waals surface area contributed by atoms with Crippen LogP contribution in [0.2, 0.25) is 0 Å². The monoisotopic (exact) mass is 344 g/mol. The van der Waals surface area contributed by atoms with E-state index in [-0.39, 0.29) is 0 Å². The third kappa shape index (κ3) is 9.42. The second-order valence-corrected chi connectivity index (χ2v) is 8.32. The normalized spacial score (nSPS) is 17.1. The maximum Gasteiger partial charge on any atom is -0.000664 e. The Balaban J connectivity index is 1.62. The van der Waals surface area contributed by atoms with Gasteiger partial charge in [0.05, 0.1) is 0 Å². The molecule has 1 aromatic rings. The number of nitrogens with one attached hydrogen (secondary N) is 1. The predicted octanol–water partition coefficient (Wildman–Crippen LogP) is 5.14. The zero-order valence-electron chi connectivity index (χ0n) is 16.7. The lowest BCUT2D eigenvalue weighted by Gasteiger charge is -2.26. The summed E-state index contributed by atoms with van der Waals surface area (Å²) in [7, 11) is 0. The van der Waals surface area contributed by atoms with Crippen LogP contribution in [-0.2, 0) is 6.42 Å². The summed E-state index contributed by atoms with van der Waals surface area (Å²) >= 11 is 0. The van der Waals surface area contributed by atoms with Gasteiger partial charge in [-0.1, -0.05) is 57.0 Å². The third-order valence-electron chi connectivity index (χ3n) is 5.55. The first-order valence-corrected chi connectivity index (χ1v) is 10.7. The molecule has 0 saturated carbocycles. The highest BCUT2D eigenvalue weighted by Crippen LogP contribution is 2.18. The van der Waals surface area contributed by atoms with Crippen LogP contribution in [0.15, 0.2) is 30.3 Å². The number of hydrogen-bond donors (Lipinski definition) is 1. The second-order valence-electron chi connectivity index (χ2n) is 8.32. The van der Waals surface area contributed by atoms with Crippen molar-refractivity contribution in [2.75, 3.05) is 32.7 Å². The highest BCUT2D eigenvalue weighted by molar-refractivity contribution is 5.14. The Labute approximate surface area is 156 Å². The van der Waals surface area contributed by atoms with Crippen LogP contribution >= 0.6 is 0 Å². The molecule has 1 aliphatic rings. The molecule has 2 nitrogen and oxygen atoms in total. The molecule has 1 fully saturated rings. The van der Waals surface area contributed by atoms with Gasteiger partial charge in [0.1, 0.15) is 0 Å². The van der Waals surface area contributed by atoms with Gasteiger partial charge in [-0.05, 0) is 88.6 Å². The van der Waals surface area contributed by atoms with E-state index < -0.39 is 0 Å². The number of likely N-dealkylation sites (tertiary alicyclic amines) is 1. The van der Waals surface area contributed by atoms with Gasteiger partial charge in [0.25, 0.3) is 0 Å². The molecule has 1 aliphatic heterocycles. The highest BCUT2D eigenvalue weighted by Gasteiger charge is 2.11. The Morgan fingerprint density at radius 1 is 0.960 bits per heavy atom. The van der Waals surface area contributed by atoms with Crippen molar-refractivity contribution in [1.82, 2.24) is 10.2 Å². The molecule has 0 aromatic heterocycles. The SMILES string of the molecule is CC(C)CCC(CCc1ccccc1)CNCCCN1CCCCC1. The van der Waals surface area contributed by atoms with Gasteiger partial charge in [-0.25, -0.2) is 0 Å². The summed E-state index contributed by atoms with van der Waals surface area (Å²) in [6.45, 7) is 11.0. The van der Waals surface area contributed by atoms with Crippen molar-refractivity contribution in [2.24, 2.45) is 11.8 Å². The van der Waals surface area contributed by atoms with E-state index in [4.69, 9.17) is 0 Å². The number of nitrogens with zero attached hydrogens (tertiary/aromatic N) is 1. The Hall–Kier alpha value is -0.860. The lowest BCUT2D eigenvalue weighted by Crippen LogP contribution is -2.33. The molecule has 1 unspecified atom stereocenters. The van der Waals surface area contributed by atoms with Crippen molar-refractivity contribution < 1.29 is 0 Å². The van der Waals surface area contributed by atoms with Gasteiger partial charge >= 0.3 is 0 Å². The Bertz CT molecular complexity index is 423. The fourth-order valence-electron chi connectivity index (χ4n) is 3.85. The quantitative estimate of drug-likeness (QED) is 0.528. The van der Waals surface area contributed by atoms with Gasteiger partial charge in [-0.3, -0.25) is 0 Å². The molecule has 0 amide bonds. The van der Waals surface area contributed by atoms with Crippen LogP contribution in [0, 0.1) is 11.8 Å². The van der Waals surface area contributed by atoms with Gasteiger partial charge in [-0.15, -0.1) is 0 Å². The summed E-state index contributed by atoms with van der Waals surface area (Å²) in [6, 6.07) is 11.0. The second kappa shape index (κ2) is 12.5. The molecule has 1 saturated heterocycles. The minimum absolute atomic E-state index is 0.817. The Morgan fingerprint density at radius 2 is 1.72 bits per heavy atom. The zero-order valence-corrected chi connectivity index (χ0v) is 16.7. The van der Waals surface area contributed by atoms with Gasteiger partial charge in [0.2, 0.25) is 0 Å². The largest absolute Gasteiger partial charge is 0.316 e. The first-order chi connectivity index (χ1) is 12.2. The average molecular weight is 345 g/mol. The molecule has 1 aromatic carbocycles. The fraction of sp³-hybridized carbons (Fsp3) is 0.739. The van der Waals surface area contributed by atoms with Gasteiger partial charge in [-0.2, -0.15) is 0 Å². The molecule has 0 radical (unpaired) electrons. The molecule has 1 heterocycles. The van der Waals surface area contributed by atoms with Gasteiger partial charge in [0, 0.05) is 0 Å². The van der Waals surface area contributed by atoms with Crippen LogP contribution in [0.1, 0.15) is 64.4 Å². The lowest BCUT2D eigenvalue weighted by molar-refractivity contribution is 0.225. The van der Waals surface area contributed by atoms with Crippen molar-refractivity contribution in [3.05, 3.63) is 35.9 Å². The molecule has 25 heavy (non-hydrogen) atoms. The van der Waals surface area contributed by atoms with E-state index in [2.05, 4.69) is 54.4 Å². The third-order valence-corrected chi connectivity index (χ3v) is 5.55. The van der Waals surface area contributed by atoms with E-state index >= 15 is 0 Å². The van der Waals surface area contributed by atoms with E-state index in [1.165, 1.54) is 89.7 Å². The van der Waals surface area contributed by atoms with Crippen molar-refractivity contribution >= 4 is 0 Å². The minimum Gasteiger partial charge on any atom is -0.316 e. The molecule has 142 valence electrons. The highest BCUT2D eigenvalue weighted by atomic mass is 15.1. The zero-order chi connectivity index (χ0) is 17.7. The summed E-state index contributed by atoms with van der Waals surface area (Å²) in [6.07, 6.45) is 10.8. The van der Waals surface area contributed by atoms with E-state index in [9.17, 15) is 0 Å². The van der Waals surface area contributed by atoms with Crippen molar-refractivity contribution in [1.29, 1.82) is 0 Å². The number of piperidine rings is 1. The Morgan fingerprint density at radius 3 is 2.44 bits per heavy atom. The molecular formula is C23H40N2. The van der Waals surface area contributed by atoms with Crippen molar-refractivity contribution in [3.63, 3.8) is 0 Å². The van der Waals surface area contributed by atoms with Crippen LogP contribution in [0.5, 0.6) is 0 Å². The molecule has 0 aliphatic carbocycles. The molecule has 1 N–H and O–H groups in total. The maximum atomic E-state index is 3.76. The predicted molar refractivity (Wildman–Crippen MR) is 110 cm³/mol. The summed E-state index contributed by atoms with van der Waals surface area (Å²) in [5.74, 6) is 1.64. The van der Waals surface area contributed by atoms with Crippen LogP contribution < -0.4 is 5.32 Å². The molecule has 0 bridgehead atoms. The van der Waals surface area contributed by atoms with Crippen LogP contribution in [-0.4, -0.2) is 37.6 Å². The van der Waals surface area contributed by atoms with Crippen LogP contribution in [0.25, 0.3) is 0 Å². The topological polar surface area (TPSA) is 15.3 Å². The average Bonchev–Trinajstić information content (AvgIpc) is 2.64. The van der Waals surface area contributed by atoms with Crippen LogP contribution in [0.3, 0.4) is 0 Å². The summed E-state index contributed by atoms with van der Waals surface area (Å²) < 4.78 is 0. The van der Waals surface area contributed by atoms with E-state index in [1.54, 1.807) is 0 Å². The molecule has 2 heteroatoms. The van der Waals surface area contributed by atoms with E-state index in [0.29, 0.717) is 0 Å². The first-order valence-electron chi connectivity index (χ1n) is 10.7. The summed E-state index contributed by atoms with van der Waals surface area (Å²) in [5, 5.41) is 3.76. The van der Waals surface area contributed by atoms with E-state index in [0.717, 1.165) is 11.8 Å². The fourth-order valence-corrected chi connectivity index (χ4v) is 3.85. The minimum atomic E-state index is 0.817. The summed E-state index contributed by atoms with van der Waals surface area (Å²) in [4.78, 5) is 2.65. The van der Waals surface area contributed by atoms with Gasteiger partial charge < -0.3 is 10.2 Å².